The summed E-state index contributed by atoms with van der Waals surface area (Å²) in [6.45, 7) is 0. The maximum atomic E-state index is 14.8. The second kappa shape index (κ2) is 15.1. The van der Waals surface area contributed by atoms with Gasteiger partial charge in [-0.15, -0.1) is 0 Å². The van der Waals surface area contributed by atoms with Crippen LogP contribution in [-0.4, -0.2) is 39.9 Å². The van der Waals surface area contributed by atoms with Gasteiger partial charge >= 0.3 is 49.4 Å². The minimum atomic E-state index is -5.89. The van der Waals surface area contributed by atoms with Crippen LogP contribution < -0.4 is 0 Å². The average Bonchev–Trinajstić information content (AvgIpc) is 3.95. The van der Waals surface area contributed by atoms with Gasteiger partial charge in [0.1, 0.15) is 22.6 Å². The van der Waals surface area contributed by atoms with Gasteiger partial charge in [0.25, 0.3) is 0 Å². The number of aromatic nitrogens is 8. The molecule has 0 radical (unpaired) electrons. The van der Waals surface area contributed by atoms with Crippen molar-refractivity contribution in [3.8, 4) is 45.6 Å². The summed E-state index contributed by atoms with van der Waals surface area (Å²) >= 11 is 0. The van der Waals surface area contributed by atoms with E-state index < -0.39 is 184 Å². The number of nitrogens with zero attached hydrogens (tertiary/aromatic N) is 6. The smallest absolute Gasteiger partial charge is 0.324 e. The lowest BCUT2D eigenvalue weighted by Crippen LogP contribution is -2.13. The number of nitrogens with one attached hydrogen (secondary N) is 2. The molecule has 4 aromatic carbocycles. The zero-order valence-electron chi connectivity index (χ0n) is 33.4. The number of aromatic amines is 2. The third-order valence-corrected chi connectivity index (χ3v) is 10.9. The molecule has 0 atom stereocenters. The van der Waals surface area contributed by atoms with Crippen molar-refractivity contribution in [3.63, 3.8) is 0 Å². The second-order valence-corrected chi connectivity index (χ2v) is 15.2. The van der Waals surface area contributed by atoms with Crippen LogP contribution in [-0.2, 0) is 49.4 Å². The maximum Gasteiger partial charge on any atom is 0.417 e. The fourth-order valence-electron chi connectivity index (χ4n) is 8.19. The first kappa shape index (κ1) is 49.5. The fraction of sp³-hybridized carbons (Fsp3) is 0.200. The average molecular weight is 1060 g/mol. The van der Waals surface area contributed by atoms with Crippen LogP contribution in [0, 0.1) is 0 Å². The van der Waals surface area contributed by atoms with Crippen LogP contribution in [0.25, 0.3) is 89.7 Å². The van der Waals surface area contributed by atoms with Gasteiger partial charge in [-0.05, 0) is 48.5 Å². The number of hydrogen-bond donors (Lipinski definition) is 2. The summed E-state index contributed by atoms with van der Waals surface area (Å²) in [5, 5.41) is -7.73. The molecule has 0 fully saturated rings. The number of H-pyrrole nitrogens is 2. The number of fused-ring (bicyclic) bond motifs is 20. The molecule has 7 aromatic rings. The van der Waals surface area contributed by atoms with Crippen LogP contribution >= 0.6 is 0 Å². The SMILES string of the molecule is FC(F)(F)c1ccc(C(F)(F)F)c2c1-c1nc-2nc2[nH]c(nc3nc(nc4[nH]c(n1)c1c(C(F)(F)F)ccc(C(F)(F)F)c41)-c1c(C(F)(F)F)ccc(C(F)(F)F)c1-3)c1c(C(F)(F)F)ccc(C(F)(F)F)c21. The molecule has 2 aliphatic rings. The monoisotopic (exact) mass is 1060 g/mol. The Kier molecular flexibility index (Phi) is 10.4. The molecule has 0 unspecified atom stereocenters. The molecule has 32 heteroatoms. The molecule has 3 aromatic heterocycles. The van der Waals surface area contributed by atoms with Gasteiger partial charge in [-0.2, -0.15) is 105 Å². The van der Waals surface area contributed by atoms with E-state index in [2.05, 4.69) is 29.9 Å². The van der Waals surface area contributed by atoms with Gasteiger partial charge < -0.3 is 9.97 Å². The second-order valence-electron chi connectivity index (χ2n) is 15.2. The highest BCUT2D eigenvalue weighted by Gasteiger charge is 2.48. The molecule has 9 rings (SSSR count). The highest BCUT2D eigenvalue weighted by molar-refractivity contribution is 6.11. The predicted molar refractivity (Wildman–Crippen MR) is 196 cm³/mol. The zero-order chi connectivity index (χ0) is 53.2. The molecule has 2 aliphatic heterocycles. The van der Waals surface area contributed by atoms with E-state index in [0.29, 0.717) is 0 Å². The first-order valence-corrected chi connectivity index (χ1v) is 18.9. The lowest BCUT2D eigenvalue weighted by molar-refractivity contribution is -0.140. The Balaban J connectivity index is 1.68. The van der Waals surface area contributed by atoms with E-state index >= 15 is 0 Å². The summed E-state index contributed by atoms with van der Waals surface area (Å²) in [7, 11) is 0. The number of rotatable bonds is 0. The normalized spacial score (nSPS) is 14.1. The summed E-state index contributed by atoms with van der Waals surface area (Å²) in [6, 6.07) is -2.50. The Morgan fingerprint density at radius 3 is 0.528 bits per heavy atom. The molecule has 0 spiro atoms. The molecule has 0 saturated heterocycles. The Morgan fingerprint density at radius 2 is 0.375 bits per heavy atom. The van der Waals surface area contributed by atoms with Crippen LogP contribution in [0.15, 0.2) is 48.5 Å². The van der Waals surface area contributed by atoms with Crippen molar-refractivity contribution in [3.05, 3.63) is 93.0 Å². The summed E-state index contributed by atoms with van der Waals surface area (Å²) in [4.78, 5) is 23.8. The van der Waals surface area contributed by atoms with E-state index in [1.807, 2.05) is 0 Å². The molecular weight excluding hydrogens is 1050 g/mol. The van der Waals surface area contributed by atoms with Crippen molar-refractivity contribution in [1.82, 2.24) is 39.9 Å². The third-order valence-electron chi connectivity index (χ3n) is 10.9. The van der Waals surface area contributed by atoms with Crippen molar-refractivity contribution in [2.45, 2.75) is 49.4 Å². The van der Waals surface area contributed by atoms with E-state index in [1.165, 1.54) is 0 Å². The van der Waals surface area contributed by atoms with Gasteiger partial charge in [0, 0.05) is 43.8 Å². The number of halogens is 24. The summed E-state index contributed by atoms with van der Waals surface area (Å²) < 4.78 is 355. The number of alkyl halides is 24. The van der Waals surface area contributed by atoms with Gasteiger partial charge in [-0.3, -0.25) is 0 Å². The summed E-state index contributed by atoms with van der Waals surface area (Å²) in [6.07, 6.45) is -47.1. The highest BCUT2D eigenvalue weighted by atomic mass is 19.4. The molecule has 5 heterocycles. The van der Waals surface area contributed by atoms with E-state index in [9.17, 15) is 105 Å². The number of benzene rings is 4. The van der Waals surface area contributed by atoms with Crippen LogP contribution in [0.1, 0.15) is 44.5 Å². The molecular formula is C40H10F24N8. The van der Waals surface area contributed by atoms with Gasteiger partial charge in [0.05, 0.1) is 44.5 Å². The van der Waals surface area contributed by atoms with E-state index in [-0.39, 0.29) is 48.5 Å². The molecule has 8 nitrogen and oxygen atoms in total. The lowest BCUT2D eigenvalue weighted by atomic mass is 9.95. The Labute approximate surface area is 377 Å². The number of hydrogen-bond acceptors (Lipinski definition) is 6. The van der Waals surface area contributed by atoms with Gasteiger partial charge in [-0.25, -0.2) is 29.9 Å². The summed E-state index contributed by atoms with van der Waals surface area (Å²) in [5.74, 6) is -7.63. The van der Waals surface area contributed by atoms with Crippen LogP contribution in [0.2, 0.25) is 0 Å². The molecule has 8 bridgehead atoms. The largest absolute Gasteiger partial charge is 0.417 e. The van der Waals surface area contributed by atoms with Crippen molar-refractivity contribution >= 4 is 44.1 Å². The van der Waals surface area contributed by atoms with Crippen LogP contribution in [0.3, 0.4) is 0 Å². The molecule has 72 heavy (non-hydrogen) atoms. The molecule has 0 amide bonds. The fourth-order valence-corrected chi connectivity index (χ4v) is 8.19. The molecule has 0 saturated carbocycles. The van der Waals surface area contributed by atoms with Crippen molar-refractivity contribution in [2.24, 2.45) is 0 Å². The van der Waals surface area contributed by atoms with Crippen LogP contribution in [0.4, 0.5) is 105 Å². The van der Waals surface area contributed by atoms with E-state index in [1.54, 1.807) is 9.97 Å². The highest BCUT2D eigenvalue weighted by Crippen LogP contribution is 2.53. The first-order chi connectivity index (χ1) is 32.8. The van der Waals surface area contributed by atoms with Gasteiger partial charge in [0.15, 0.2) is 23.3 Å². The minimum absolute atomic E-state index is 0.309. The first-order valence-electron chi connectivity index (χ1n) is 18.9. The van der Waals surface area contributed by atoms with Crippen molar-refractivity contribution in [2.75, 3.05) is 0 Å². The topological polar surface area (TPSA) is 109 Å². The molecule has 0 aliphatic carbocycles. The van der Waals surface area contributed by atoms with E-state index in [4.69, 9.17) is 0 Å². The third kappa shape index (κ3) is 7.96. The molecule has 378 valence electrons. The summed E-state index contributed by atoms with van der Waals surface area (Å²) in [5.41, 5.74) is -33.1. The van der Waals surface area contributed by atoms with Gasteiger partial charge in [0.2, 0.25) is 0 Å². The Hall–Kier alpha value is -7.44. The minimum Gasteiger partial charge on any atom is -0.324 e. The maximum absolute atomic E-state index is 14.8. The predicted octanol–water partition coefficient (Wildman–Crippen LogP) is 15.0. The van der Waals surface area contributed by atoms with E-state index in [0.717, 1.165) is 0 Å². The quantitative estimate of drug-likeness (QED) is 0.146. The standard InChI is InChI=1S/C40H10F24N8/c41-33(42,43)9-1-2-10(34(44,45)46)18-17(9)25-65-26(18)70-28-21-13(37(53,54)55)5-6-14(38(56,57)58)22(21)30(67-28)72-32-24-16(40(62,63)64)8-7-15(39(59,60)61)23(24)31(68-32)71-29-20-12(36(50,51)52)4-3-11(35(47,48)49)19(20)27(66-29)69-25/h1-8H,(H2,65,66,67,68,69,70,71,72). The van der Waals surface area contributed by atoms with Crippen molar-refractivity contribution in [1.29, 1.82) is 0 Å². The van der Waals surface area contributed by atoms with Crippen molar-refractivity contribution < 1.29 is 105 Å². The van der Waals surface area contributed by atoms with Gasteiger partial charge in [-0.1, -0.05) is 0 Å². The molecule has 2 N–H and O–H groups in total. The lowest BCUT2D eigenvalue weighted by Gasteiger charge is -2.16. The zero-order valence-corrected chi connectivity index (χ0v) is 33.4. The Bertz CT molecular complexity index is 3170. The Morgan fingerprint density at radius 1 is 0.222 bits per heavy atom. The van der Waals surface area contributed by atoms with Crippen LogP contribution in [0.5, 0.6) is 0 Å².